The van der Waals surface area contributed by atoms with Gasteiger partial charge in [0, 0.05) is 42.5 Å². The molecule has 4 rings (SSSR count). The molecular formula is C25H25ClN6O. The number of nitrogens with one attached hydrogen (secondary N) is 1. The number of para-hydroxylation sites is 1. The number of amides is 1. The Hall–Kier alpha value is -3.55. The van der Waals surface area contributed by atoms with Crippen molar-refractivity contribution in [2.75, 3.05) is 37.6 Å². The number of hydrogen-bond donors (Lipinski definition) is 1. The van der Waals surface area contributed by atoms with Gasteiger partial charge in [0.15, 0.2) is 0 Å². The fourth-order valence-corrected chi connectivity index (χ4v) is 3.72. The fraction of sp³-hybridized carbons (Fsp3) is 0.200. The predicted molar refractivity (Wildman–Crippen MR) is 132 cm³/mol. The van der Waals surface area contributed by atoms with E-state index in [1.807, 2.05) is 48.5 Å². The lowest BCUT2D eigenvalue weighted by molar-refractivity contribution is -0.122. The number of rotatable bonds is 6. The molecule has 0 aromatic heterocycles. The summed E-state index contributed by atoms with van der Waals surface area (Å²) in [6, 6.07) is 26.8. The fourth-order valence-electron chi connectivity index (χ4n) is 3.53. The molecule has 3 aromatic rings. The molecule has 1 saturated heterocycles. The summed E-state index contributed by atoms with van der Waals surface area (Å²) in [6.45, 7) is 3.66. The molecule has 0 aliphatic carbocycles. The quantitative estimate of drug-likeness (QED) is 0.250. The summed E-state index contributed by atoms with van der Waals surface area (Å²) in [7, 11) is 0. The molecule has 0 unspecified atom stereocenters. The average Bonchev–Trinajstić information content (AvgIpc) is 2.86. The minimum absolute atomic E-state index is 0.186. The number of halogens is 1. The van der Waals surface area contributed by atoms with Crippen molar-refractivity contribution in [2.24, 2.45) is 15.3 Å². The molecule has 8 heteroatoms. The van der Waals surface area contributed by atoms with E-state index in [4.69, 9.17) is 11.6 Å². The Balaban J connectivity index is 1.36. The Morgan fingerprint density at radius 2 is 1.58 bits per heavy atom. The highest BCUT2D eigenvalue weighted by atomic mass is 35.5. The van der Waals surface area contributed by atoms with Crippen LogP contribution >= 0.6 is 11.6 Å². The van der Waals surface area contributed by atoms with Crippen LogP contribution in [0.4, 0.5) is 11.4 Å². The standard InChI is InChI=1S/C25H25ClN6O/c26-21-10-7-11-22(18-21)27-29-25(20-8-3-1-4-9-20)30-28-24(33)19-31-14-16-32(17-15-31)23-12-5-2-6-13-23/h1-13,18H,14-17,19H2,(H,28,33)/b29-27?,30-25-. The van der Waals surface area contributed by atoms with E-state index in [2.05, 4.69) is 42.7 Å². The third kappa shape index (κ3) is 6.71. The van der Waals surface area contributed by atoms with Crippen LogP contribution in [0.2, 0.25) is 5.02 Å². The molecule has 1 aliphatic rings. The summed E-state index contributed by atoms with van der Waals surface area (Å²) in [5.74, 6) is 0.132. The summed E-state index contributed by atoms with van der Waals surface area (Å²) in [4.78, 5) is 17.0. The first kappa shape index (κ1) is 22.6. The van der Waals surface area contributed by atoms with E-state index in [0.717, 1.165) is 31.7 Å². The van der Waals surface area contributed by atoms with Gasteiger partial charge in [-0.25, -0.2) is 5.43 Å². The van der Waals surface area contributed by atoms with Gasteiger partial charge in [-0.1, -0.05) is 66.2 Å². The van der Waals surface area contributed by atoms with Gasteiger partial charge >= 0.3 is 0 Å². The van der Waals surface area contributed by atoms with Crippen molar-refractivity contribution in [1.29, 1.82) is 0 Å². The van der Waals surface area contributed by atoms with Crippen LogP contribution in [0.15, 0.2) is 100 Å². The minimum Gasteiger partial charge on any atom is -0.369 e. The van der Waals surface area contributed by atoms with Crippen LogP contribution in [-0.2, 0) is 4.79 Å². The molecule has 1 heterocycles. The second kappa shape index (κ2) is 11.4. The minimum atomic E-state index is -0.186. The van der Waals surface area contributed by atoms with Crippen molar-refractivity contribution in [3.8, 4) is 0 Å². The largest absolute Gasteiger partial charge is 0.369 e. The van der Waals surface area contributed by atoms with Crippen LogP contribution in [-0.4, -0.2) is 49.4 Å². The number of benzene rings is 3. The van der Waals surface area contributed by atoms with Crippen molar-refractivity contribution in [1.82, 2.24) is 10.3 Å². The topological polar surface area (TPSA) is 72.7 Å². The molecule has 7 nitrogen and oxygen atoms in total. The van der Waals surface area contributed by atoms with Crippen LogP contribution in [0.1, 0.15) is 5.56 Å². The molecule has 1 fully saturated rings. The third-order valence-electron chi connectivity index (χ3n) is 5.25. The first-order valence-electron chi connectivity index (χ1n) is 10.8. The van der Waals surface area contributed by atoms with Gasteiger partial charge in [-0.05, 0) is 30.3 Å². The van der Waals surface area contributed by atoms with Gasteiger partial charge in [-0.15, -0.1) is 10.2 Å². The SMILES string of the molecule is O=C(CN1CCN(c2ccccc2)CC1)N/N=C(\N=Nc1cccc(Cl)c1)c1ccccc1. The van der Waals surface area contributed by atoms with Crippen molar-refractivity contribution in [2.45, 2.75) is 0 Å². The zero-order valence-electron chi connectivity index (χ0n) is 18.1. The van der Waals surface area contributed by atoms with Crippen LogP contribution < -0.4 is 10.3 Å². The number of nitrogens with zero attached hydrogens (tertiary/aromatic N) is 5. The van der Waals surface area contributed by atoms with E-state index in [1.54, 1.807) is 24.3 Å². The molecule has 33 heavy (non-hydrogen) atoms. The van der Waals surface area contributed by atoms with E-state index >= 15 is 0 Å². The van der Waals surface area contributed by atoms with Crippen LogP contribution in [0.5, 0.6) is 0 Å². The number of anilines is 1. The highest BCUT2D eigenvalue weighted by Crippen LogP contribution is 2.19. The summed E-state index contributed by atoms with van der Waals surface area (Å²) < 4.78 is 0. The first-order valence-corrected chi connectivity index (χ1v) is 11.2. The zero-order valence-corrected chi connectivity index (χ0v) is 18.9. The summed E-state index contributed by atoms with van der Waals surface area (Å²) >= 11 is 6.02. The second-order valence-electron chi connectivity index (χ2n) is 7.62. The van der Waals surface area contributed by atoms with Crippen LogP contribution in [0, 0.1) is 0 Å². The van der Waals surface area contributed by atoms with Gasteiger partial charge in [-0.2, -0.15) is 5.10 Å². The van der Waals surface area contributed by atoms with Crippen molar-refractivity contribution < 1.29 is 4.79 Å². The van der Waals surface area contributed by atoms with E-state index in [0.29, 0.717) is 16.5 Å². The molecule has 1 amide bonds. The van der Waals surface area contributed by atoms with Crippen LogP contribution in [0.25, 0.3) is 0 Å². The maximum Gasteiger partial charge on any atom is 0.254 e. The van der Waals surface area contributed by atoms with Gasteiger partial charge in [0.25, 0.3) is 5.91 Å². The molecule has 0 radical (unpaired) electrons. The van der Waals surface area contributed by atoms with Crippen molar-refractivity contribution >= 4 is 34.7 Å². The third-order valence-corrected chi connectivity index (χ3v) is 5.48. The number of carbonyl (C=O) groups is 1. The maximum atomic E-state index is 12.6. The lowest BCUT2D eigenvalue weighted by Gasteiger charge is -2.35. The molecular weight excluding hydrogens is 436 g/mol. The Morgan fingerprint density at radius 3 is 2.27 bits per heavy atom. The lowest BCUT2D eigenvalue weighted by atomic mass is 10.2. The molecule has 168 valence electrons. The maximum absolute atomic E-state index is 12.6. The highest BCUT2D eigenvalue weighted by Gasteiger charge is 2.19. The number of hydrogen-bond acceptors (Lipinski definition) is 5. The van der Waals surface area contributed by atoms with Crippen LogP contribution in [0.3, 0.4) is 0 Å². The van der Waals surface area contributed by atoms with Gasteiger partial charge in [0.2, 0.25) is 5.84 Å². The van der Waals surface area contributed by atoms with E-state index in [-0.39, 0.29) is 12.5 Å². The van der Waals surface area contributed by atoms with Gasteiger partial charge in [-0.3, -0.25) is 9.69 Å². The Kier molecular flexibility index (Phi) is 7.79. The molecule has 3 aromatic carbocycles. The molecule has 0 saturated carbocycles. The van der Waals surface area contributed by atoms with E-state index in [1.165, 1.54) is 5.69 Å². The first-order chi connectivity index (χ1) is 16.2. The van der Waals surface area contributed by atoms with Gasteiger partial charge < -0.3 is 4.90 Å². The van der Waals surface area contributed by atoms with Gasteiger partial charge in [0.05, 0.1) is 12.2 Å². The summed E-state index contributed by atoms with van der Waals surface area (Å²) in [5, 5.41) is 13.3. The zero-order chi connectivity index (χ0) is 22.9. The van der Waals surface area contributed by atoms with E-state index in [9.17, 15) is 4.79 Å². The number of azo groups is 1. The van der Waals surface area contributed by atoms with Crippen molar-refractivity contribution in [3.05, 3.63) is 95.5 Å². The van der Waals surface area contributed by atoms with E-state index < -0.39 is 0 Å². The number of carbonyl (C=O) groups excluding carboxylic acids is 1. The monoisotopic (exact) mass is 460 g/mol. The lowest BCUT2D eigenvalue weighted by Crippen LogP contribution is -2.49. The summed E-state index contributed by atoms with van der Waals surface area (Å²) in [6.07, 6.45) is 0. The normalized spacial score (nSPS) is 15.1. The van der Waals surface area contributed by atoms with Gasteiger partial charge in [0.1, 0.15) is 0 Å². The Labute approximate surface area is 198 Å². The highest BCUT2D eigenvalue weighted by molar-refractivity contribution is 6.30. The summed E-state index contributed by atoms with van der Waals surface area (Å²) in [5.41, 5.74) is 5.20. The molecule has 0 spiro atoms. The smallest absolute Gasteiger partial charge is 0.254 e. The predicted octanol–water partition coefficient (Wildman–Crippen LogP) is 4.72. The van der Waals surface area contributed by atoms with Crippen molar-refractivity contribution in [3.63, 3.8) is 0 Å². The second-order valence-corrected chi connectivity index (χ2v) is 8.05. The molecule has 0 bridgehead atoms. The molecule has 1 N–H and O–H groups in total. The Morgan fingerprint density at radius 1 is 0.879 bits per heavy atom. The Bertz CT molecular complexity index is 1110. The molecule has 1 aliphatic heterocycles. The average molecular weight is 461 g/mol. The molecule has 0 atom stereocenters. The number of piperazine rings is 1. The number of amidine groups is 1. The number of hydrazone groups is 1.